The third-order valence-electron chi connectivity index (χ3n) is 4.97. The van der Waals surface area contributed by atoms with Crippen LogP contribution in [0.1, 0.15) is 31.4 Å². The highest BCUT2D eigenvalue weighted by atomic mass is 79.9. The van der Waals surface area contributed by atoms with Crippen molar-refractivity contribution >= 4 is 33.3 Å². The molecule has 4 rings (SSSR count). The van der Waals surface area contributed by atoms with Gasteiger partial charge in [-0.15, -0.1) is 14.8 Å². The van der Waals surface area contributed by atoms with Crippen LogP contribution in [0.25, 0.3) is 5.65 Å². The Hall–Kier alpha value is -2.55. The second kappa shape index (κ2) is 7.59. The van der Waals surface area contributed by atoms with Gasteiger partial charge >= 0.3 is 0 Å². The summed E-state index contributed by atoms with van der Waals surface area (Å²) in [6.07, 6.45) is 1.60. The zero-order chi connectivity index (χ0) is 18.8. The van der Waals surface area contributed by atoms with Gasteiger partial charge in [0.05, 0.1) is 6.04 Å². The summed E-state index contributed by atoms with van der Waals surface area (Å²) in [5.41, 5.74) is 1.72. The van der Waals surface area contributed by atoms with Crippen LogP contribution < -0.4 is 10.2 Å². The van der Waals surface area contributed by atoms with Gasteiger partial charge in [-0.1, -0.05) is 28.1 Å². The van der Waals surface area contributed by atoms with E-state index in [0.29, 0.717) is 5.65 Å². The van der Waals surface area contributed by atoms with Gasteiger partial charge in [-0.3, -0.25) is 4.79 Å². The van der Waals surface area contributed by atoms with Gasteiger partial charge in [0.25, 0.3) is 0 Å². The summed E-state index contributed by atoms with van der Waals surface area (Å²) in [4.78, 5) is 14.8. The highest BCUT2D eigenvalue weighted by Crippen LogP contribution is 2.23. The molecule has 0 radical (unpaired) electrons. The average molecular weight is 430 g/mol. The van der Waals surface area contributed by atoms with Crippen LogP contribution in [0.3, 0.4) is 0 Å². The Labute approximate surface area is 165 Å². The molecule has 1 amide bonds. The number of carbonyl (C=O) groups excluding carboxylic acids is 1. The molecule has 3 aromatic rings. The molecule has 27 heavy (non-hydrogen) atoms. The van der Waals surface area contributed by atoms with Crippen LogP contribution in [0.5, 0.6) is 0 Å². The molecular weight excluding hydrogens is 410 g/mol. The Kier molecular flexibility index (Phi) is 5.02. The third kappa shape index (κ3) is 3.92. The van der Waals surface area contributed by atoms with Crippen molar-refractivity contribution in [2.45, 2.75) is 25.8 Å². The molecule has 1 aromatic carbocycles. The molecule has 140 valence electrons. The van der Waals surface area contributed by atoms with Gasteiger partial charge < -0.3 is 10.2 Å². The minimum Gasteiger partial charge on any atom is -0.355 e. The molecule has 0 bridgehead atoms. The first-order chi connectivity index (χ1) is 13.1. The lowest BCUT2D eigenvalue weighted by Gasteiger charge is -2.32. The number of benzene rings is 1. The van der Waals surface area contributed by atoms with Gasteiger partial charge in [-0.05, 0) is 60.0 Å². The van der Waals surface area contributed by atoms with Gasteiger partial charge in [0.2, 0.25) is 5.91 Å². The van der Waals surface area contributed by atoms with Gasteiger partial charge in [0, 0.05) is 23.5 Å². The van der Waals surface area contributed by atoms with Crippen LogP contribution >= 0.6 is 15.9 Å². The smallest absolute Gasteiger partial charge is 0.223 e. The number of aromatic nitrogens is 5. The lowest BCUT2D eigenvalue weighted by Crippen LogP contribution is -2.41. The molecule has 3 heterocycles. The summed E-state index contributed by atoms with van der Waals surface area (Å²) in [5.74, 6) is 0.974. The second-order valence-corrected chi connectivity index (χ2v) is 7.68. The topological polar surface area (TPSA) is 88.3 Å². The molecule has 1 fully saturated rings. The molecule has 1 atom stereocenters. The van der Waals surface area contributed by atoms with Crippen molar-refractivity contribution in [2.24, 2.45) is 5.92 Å². The standard InChI is InChI=1S/C18H20BrN7O/c1-12(13-2-4-15(19)5-3-13)20-18(27)14-8-10-25(11-9-14)17-7-6-16-21-23-24-26(16)22-17/h2-7,12,14H,8-11H2,1H3,(H,20,27)/t12-/m1/s1. The fourth-order valence-corrected chi connectivity index (χ4v) is 3.61. The van der Waals surface area contributed by atoms with Gasteiger partial charge in [-0.2, -0.15) is 0 Å². The van der Waals surface area contributed by atoms with E-state index in [4.69, 9.17) is 0 Å². The van der Waals surface area contributed by atoms with Crippen LogP contribution in [-0.4, -0.2) is 44.3 Å². The van der Waals surface area contributed by atoms with E-state index in [1.165, 1.54) is 4.63 Å². The molecule has 0 unspecified atom stereocenters. The first kappa shape index (κ1) is 17.8. The molecule has 9 heteroatoms. The highest BCUT2D eigenvalue weighted by Gasteiger charge is 2.26. The van der Waals surface area contributed by atoms with Crippen molar-refractivity contribution in [3.05, 3.63) is 46.4 Å². The van der Waals surface area contributed by atoms with E-state index in [0.717, 1.165) is 41.8 Å². The van der Waals surface area contributed by atoms with E-state index >= 15 is 0 Å². The predicted octanol–water partition coefficient (Wildman–Crippen LogP) is 2.38. The maximum atomic E-state index is 12.6. The van der Waals surface area contributed by atoms with E-state index in [-0.39, 0.29) is 17.9 Å². The average Bonchev–Trinajstić information content (AvgIpc) is 3.16. The zero-order valence-electron chi connectivity index (χ0n) is 14.9. The van der Waals surface area contributed by atoms with Gasteiger partial charge in [-0.25, -0.2) is 0 Å². The highest BCUT2D eigenvalue weighted by molar-refractivity contribution is 9.10. The quantitative estimate of drug-likeness (QED) is 0.684. The summed E-state index contributed by atoms with van der Waals surface area (Å²) < 4.78 is 2.46. The van der Waals surface area contributed by atoms with Crippen LogP contribution in [0.15, 0.2) is 40.9 Å². The number of fused-ring (bicyclic) bond motifs is 1. The fourth-order valence-electron chi connectivity index (χ4n) is 3.35. The largest absolute Gasteiger partial charge is 0.355 e. The third-order valence-corrected chi connectivity index (χ3v) is 5.50. The molecule has 8 nitrogen and oxygen atoms in total. The van der Waals surface area contributed by atoms with Crippen LogP contribution in [-0.2, 0) is 4.79 Å². The van der Waals surface area contributed by atoms with E-state index in [2.05, 4.69) is 46.8 Å². The van der Waals surface area contributed by atoms with Crippen molar-refractivity contribution < 1.29 is 4.79 Å². The number of hydrogen-bond acceptors (Lipinski definition) is 6. The Morgan fingerprint density at radius 1 is 1.19 bits per heavy atom. The summed E-state index contributed by atoms with van der Waals surface area (Å²) in [6.45, 7) is 3.58. The van der Waals surface area contributed by atoms with Crippen LogP contribution in [0.4, 0.5) is 5.82 Å². The van der Waals surface area contributed by atoms with E-state index in [1.54, 1.807) is 0 Å². The number of tetrazole rings is 1. The molecule has 1 saturated heterocycles. The fraction of sp³-hybridized carbons (Fsp3) is 0.389. The number of halogens is 1. The van der Waals surface area contributed by atoms with E-state index in [1.807, 2.05) is 43.3 Å². The zero-order valence-corrected chi connectivity index (χ0v) is 16.5. The molecule has 1 N–H and O–H groups in total. The summed E-state index contributed by atoms with van der Waals surface area (Å²) in [5, 5.41) is 18.9. The summed E-state index contributed by atoms with van der Waals surface area (Å²) in [6, 6.07) is 11.8. The lowest BCUT2D eigenvalue weighted by atomic mass is 9.95. The van der Waals surface area contributed by atoms with E-state index < -0.39 is 0 Å². The minimum absolute atomic E-state index is 0.00693. The SMILES string of the molecule is C[C@@H](NC(=O)C1CCN(c2ccc3nnnn3n2)CC1)c1ccc(Br)cc1. The van der Waals surface area contributed by atoms with Crippen LogP contribution in [0.2, 0.25) is 0 Å². The molecule has 0 aliphatic carbocycles. The number of piperidine rings is 1. The van der Waals surface area contributed by atoms with E-state index in [9.17, 15) is 4.79 Å². The Morgan fingerprint density at radius 3 is 2.67 bits per heavy atom. The number of hydrogen-bond donors (Lipinski definition) is 1. The first-order valence-corrected chi connectivity index (χ1v) is 9.75. The number of nitrogens with zero attached hydrogens (tertiary/aromatic N) is 6. The minimum atomic E-state index is -0.00693. The van der Waals surface area contributed by atoms with Crippen molar-refractivity contribution in [1.29, 1.82) is 0 Å². The predicted molar refractivity (Wildman–Crippen MR) is 104 cm³/mol. The van der Waals surface area contributed by atoms with Crippen molar-refractivity contribution in [3.63, 3.8) is 0 Å². The molecule has 0 saturated carbocycles. The van der Waals surface area contributed by atoms with Gasteiger partial charge in [0.1, 0.15) is 0 Å². The number of nitrogens with one attached hydrogen (secondary N) is 1. The molecular formula is C18H20BrN7O. The Balaban J connectivity index is 1.34. The Bertz CT molecular complexity index is 934. The monoisotopic (exact) mass is 429 g/mol. The van der Waals surface area contributed by atoms with Crippen molar-refractivity contribution in [3.8, 4) is 0 Å². The molecule has 2 aromatic heterocycles. The summed E-state index contributed by atoms with van der Waals surface area (Å²) in [7, 11) is 0. The summed E-state index contributed by atoms with van der Waals surface area (Å²) >= 11 is 3.43. The van der Waals surface area contributed by atoms with Crippen molar-refractivity contribution in [2.75, 3.05) is 18.0 Å². The van der Waals surface area contributed by atoms with Gasteiger partial charge in [0.15, 0.2) is 11.5 Å². The maximum absolute atomic E-state index is 12.6. The maximum Gasteiger partial charge on any atom is 0.223 e. The second-order valence-electron chi connectivity index (χ2n) is 6.76. The number of anilines is 1. The number of carbonyl (C=O) groups is 1. The molecule has 0 spiro atoms. The Morgan fingerprint density at radius 2 is 1.93 bits per heavy atom. The number of rotatable bonds is 4. The number of amides is 1. The van der Waals surface area contributed by atoms with Crippen molar-refractivity contribution in [1.82, 2.24) is 30.6 Å². The lowest BCUT2D eigenvalue weighted by molar-refractivity contribution is -0.126. The normalized spacial score (nSPS) is 16.4. The molecule has 1 aliphatic heterocycles. The molecule has 1 aliphatic rings. The first-order valence-electron chi connectivity index (χ1n) is 8.96. The van der Waals surface area contributed by atoms with Crippen LogP contribution in [0, 0.1) is 5.92 Å².